The van der Waals surface area contributed by atoms with Crippen LogP contribution in [0.4, 0.5) is 26.3 Å². The molecule has 0 fully saturated rings. The summed E-state index contributed by atoms with van der Waals surface area (Å²) in [6.07, 6.45) is -4.04. The Hall–Kier alpha value is -0.600. The van der Waals surface area contributed by atoms with Gasteiger partial charge in [0.25, 0.3) is 0 Å². The fourth-order valence-corrected chi connectivity index (χ4v) is 2.38. The van der Waals surface area contributed by atoms with Crippen molar-refractivity contribution < 1.29 is 51.5 Å². The summed E-state index contributed by atoms with van der Waals surface area (Å²) in [6, 6.07) is 0. The van der Waals surface area contributed by atoms with Crippen molar-refractivity contribution in [3.63, 3.8) is 0 Å². The van der Waals surface area contributed by atoms with Crippen molar-refractivity contribution in [1.82, 2.24) is 0 Å². The Morgan fingerprint density at radius 3 is 1.14 bits per heavy atom. The fourth-order valence-electron chi connectivity index (χ4n) is 1.11. The van der Waals surface area contributed by atoms with Crippen LogP contribution in [0.15, 0.2) is 0 Å². The first-order chi connectivity index (χ1) is 9.49. The molecule has 2 atom stereocenters. The van der Waals surface area contributed by atoms with E-state index in [4.69, 9.17) is 0 Å². The van der Waals surface area contributed by atoms with Crippen molar-refractivity contribution in [2.75, 3.05) is 0 Å². The molecular formula is C8H12F6O6S2. The molecule has 0 rings (SSSR count). The minimum Gasteiger partial charge on any atom is -0.260 e. The largest absolute Gasteiger partial charge is 0.523 e. The Bertz CT molecular complexity index is 511. The second-order valence-electron chi connectivity index (χ2n) is 4.19. The van der Waals surface area contributed by atoms with Crippen LogP contribution >= 0.6 is 0 Å². The maximum atomic E-state index is 12.0. The van der Waals surface area contributed by atoms with Crippen molar-refractivity contribution >= 4 is 20.2 Å². The van der Waals surface area contributed by atoms with Crippen LogP contribution in [-0.2, 0) is 28.6 Å². The number of halogens is 6. The number of hydrogen-bond donors (Lipinski definition) is 0. The zero-order valence-electron chi connectivity index (χ0n) is 11.1. The second-order valence-corrected chi connectivity index (χ2v) is 7.32. The van der Waals surface area contributed by atoms with Gasteiger partial charge in [-0.1, -0.05) is 0 Å². The van der Waals surface area contributed by atoms with Crippen LogP contribution in [0.1, 0.15) is 26.7 Å². The minimum absolute atomic E-state index is 0.482. The molecule has 0 aromatic rings. The van der Waals surface area contributed by atoms with Crippen molar-refractivity contribution in [2.24, 2.45) is 0 Å². The van der Waals surface area contributed by atoms with Gasteiger partial charge in [0.2, 0.25) is 0 Å². The molecule has 0 saturated heterocycles. The average molecular weight is 382 g/mol. The van der Waals surface area contributed by atoms with Gasteiger partial charge in [-0.2, -0.15) is 43.2 Å². The highest BCUT2D eigenvalue weighted by atomic mass is 32.2. The summed E-state index contributed by atoms with van der Waals surface area (Å²) < 4.78 is 122. The molecule has 22 heavy (non-hydrogen) atoms. The standard InChI is InChI=1S/C8H12F6O6S2/c1-5(19-21(15,16)7(9,10)11)3-4-6(2)20-22(17,18)8(12,13)14/h5-6H,3-4H2,1-2H3. The van der Waals surface area contributed by atoms with Gasteiger partial charge in [-0.05, 0) is 26.7 Å². The number of alkyl halides is 6. The van der Waals surface area contributed by atoms with Crippen LogP contribution in [0.3, 0.4) is 0 Å². The highest BCUT2D eigenvalue weighted by molar-refractivity contribution is 7.87. The van der Waals surface area contributed by atoms with Gasteiger partial charge in [-0.3, -0.25) is 8.37 Å². The van der Waals surface area contributed by atoms with E-state index in [2.05, 4.69) is 8.37 Å². The van der Waals surface area contributed by atoms with E-state index in [1.54, 1.807) is 0 Å². The fraction of sp³-hybridized carbons (Fsp3) is 1.00. The minimum atomic E-state index is -5.84. The lowest BCUT2D eigenvalue weighted by Gasteiger charge is -2.17. The maximum Gasteiger partial charge on any atom is 0.523 e. The summed E-state index contributed by atoms with van der Waals surface area (Å²) in [5.74, 6) is 0. The topological polar surface area (TPSA) is 86.7 Å². The third-order valence-corrected chi connectivity index (χ3v) is 4.43. The predicted molar refractivity (Wildman–Crippen MR) is 60.3 cm³/mol. The normalized spacial score (nSPS) is 17.3. The van der Waals surface area contributed by atoms with E-state index >= 15 is 0 Å². The molecule has 0 heterocycles. The summed E-state index contributed by atoms with van der Waals surface area (Å²) >= 11 is 0. The zero-order chi connectivity index (χ0) is 18.0. The third kappa shape index (κ3) is 6.26. The quantitative estimate of drug-likeness (QED) is 0.381. The van der Waals surface area contributed by atoms with Crippen LogP contribution in [0.2, 0.25) is 0 Å². The van der Waals surface area contributed by atoms with Gasteiger partial charge in [0, 0.05) is 0 Å². The Morgan fingerprint density at radius 1 is 0.727 bits per heavy atom. The molecule has 0 radical (unpaired) electrons. The van der Waals surface area contributed by atoms with Crippen molar-refractivity contribution in [1.29, 1.82) is 0 Å². The van der Waals surface area contributed by atoms with Crippen molar-refractivity contribution in [3.8, 4) is 0 Å². The van der Waals surface area contributed by atoms with Gasteiger partial charge in [0.15, 0.2) is 0 Å². The van der Waals surface area contributed by atoms with Gasteiger partial charge in [0.05, 0.1) is 12.2 Å². The van der Waals surface area contributed by atoms with Crippen LogP contribution in [-0.4, -0.2) is 40.1 Å². The molecule has 0 aromatic heterocycles. The molecule has 0 aliphatic rings. The lowest BCUT2D eigenvalue weighted by Crippen LogP contribution is -2.31. The van der Waals surface area contributed by atoms with E-state index in [0.717, 1.165) is 13.8 Å². The van der Waals surface area contributed by atoms with Gasteiger partial charge < -0.3 is 0 Å². The average Bonchev–Trinajstić information content (AvgIpc) is 2.21. The molecule has 0 spiro atoms. The summed E-state index contributed by atoms with van der Waals surface area (Å²) in [7, 11) is -11.7. The lowest BCUT2D eigenvalue weighted by molar-refractivity contribution is -0.0592. The van der Waals surface area contributed by atoms with E-state index in [9.17, 15) is 43.2 Å². The smallest absolute Gasteiger partial charge is 0.260 e. The molecule has 6 nitrogen and oxygen atoms in total. The molecular weight excluding hydrogens is 370 g/mol. The Morgan fingerprint density at radius 2 is 0.955 bits per heavy atom. The summed E-state index contributed by atoms with van der Waals surface area (Å²) in [5, 5.41) is 0. The SMILES string of the molecule is CC(CCC(C)OS(=O)(=O)C(F)(F)F)OS(=O)(=O)C(F)(F)F. The van der Waals surface area contributed by atoms with E-state index in [0.29, 0.717) is 0 Å². The van der Waals surface area contributed by atoms with Crippen LogP contribution < -0.4 is 0 Å². The molecule has 0 amide bonds. The highest BCUT2D eigenvalue weighted by Crippen LogP contribution is 2.28. The van der Waals surface area contributed by atoms with E-state index < -0.39 is 56.3 Å². The monoisotopic (exact) mass is 382 g/mol. The molecule has 134 valence electrons. The molecule has 0 N–H and O–H groups in total. The van der Waals surface area contributed by atoms with Crippen molar-refractivity contribution in [2.45, 2.75) is 49.9 Å². The van der Waals surface area contributed by atoms with Crippen LogP contribution in [0.25, 0.3) is 0 Å². The first-order valence-corrected chi connectivity index (χ1v) is 8.30. The Balaban J connectivity index is 4.53. The van der Waals surface area contributed by atoms with E-state index in [1.807, 2.05) is 0 Å². The Kier molecular flexibility index (Phi) is 6.69. The van der Waals surface area contributed by atoms with Gasteiger partial charge in [-0.25, -0.2) is 0 Å². The lowest BCUT2D eigenvalue weighted by atomic mass is 10.1. The predicted octanol–water partition coefficient (Wildman–Crippen LogP) is 2.28. The number of rotatable bonds is 7. The summed E-state index contributed by atoms with van der Waals surface area (Å²) in [6.45, 7) is 1.85. The highest BCUT2D eigenvalue weighted by Gasteiger charge is 2.49. The first kappa shape index (κ1) is 21.4. The molecule has 2 unspecified atom stereocenters. The third-order valence-electron chi connectivity index (χ3n) is 2.13. The zero-order valence-corrected chi connectivity index (χ0v) is 12.7. The Labute approximate surface area is 122 Å². The maximum absolute atomic E-state index is 12.0. The van der Waals surface area contributed by atoms with Gasteiger partial charge >= 0.3 is 31.3 Å². The molecule has 0 saturated carbocycles. The number of hydrogen-bond acceptors (Lipinski definition) is 6. The molecule has 0 aromatic carbocycles. The van der Waals surface area contributed by atoms with E-state index in [1.165, 1.54) is 0 Å². The van der Waals surface area contributed by atoms with Gasteiger partial charge in [0.1, 0.15) is 0 Å². The second kappa shape index (κ2) is 6.88. The van der Waals surface area contributed by atoms with E-state index in [-0.39, 0.29) is 0 Å². The van der Waals surface area contributed by atoms with Crippen molar-refractivity contribution in [3.05, 3.63) is 0 Å². The first-order valence-electron chi connectivity index (χ1n) is 5.48. The van der Waals surface area contributed by atoms with Crippen LogP contribution in [0, 0.1) is 0 Å². The molecule has 0 bridgehead atoms. The summed E-state index contributed by atoms with van der Waals surface area (Å²) in [5.41, 5.74) is -11.3. The van der Waals surface area contributed by atoms with Crippen LogP contribution in [0.5, 0.6) is 0 Å². The molecule has 0 aliphatic heterocycles. The summed E-state index contributed by atoms with van der Waals surface area (Å²) in [4.78, 5) is 0. The molecule has 0 aliphatic carbocycles. The van der Waals surface area contributed by atoms with Gasteiger partial charge in [-0.15, -0.1) is 0 Å². The molecule has 14 heteroatoms.